The van der Waals surface area contributed by atoms with E-state index in [-0.39, 0.29) is 0 Å². The summed E-state index contributed by atoms with van der Waals surface area (Å²) in [6, 6.07) is 0. The Morgan fingerprint density at radius 3 is 2.92 bits per heavy atom. The Morgan fingerprint density at radius 2 is 2.08 bits per heavy atom. The van der Waals surface area contributed by atoms with Gasteiger partial charge in [-0.1, -0.05) is 0 Å². The van der Waals surface area contributed by atoms with E-state index in [2.05, 4.69) is 10.2 Å². The normalized spacial score (nSPS) is 20.8. The largest absolute Gasteiger partial charge is 0.396 e. The van der Waals surface area contributed by atoms with E-state index in [1.807, 2.05) is 0 Å². The molecular formula is C9H19N2O. The molecule has 0 bridgehead atoms. The van der Waals surface area contributed by atoms with Crippen LogP contribution in [0.15, 0.2) is 0 Å². The first-order valence-electron chi connectivity index (χ1n) is 4.90. The predicted octanol–water partition coefficient (Wildman–Crippen LogP) is 0.0690. The summed E-state index contributed by atoms with van der Waals surface area (Å²) in [4.78, 5) is 2.45. The molecule has 71 valence electrons. The van der Waals surface area contributed by atoms with Crippen LogP contribution in [0, 0.1) is 0 Å². The molecule has 1 fully saturated rings. The van der Waals surface area contributed by atoms with Crippen LogP contribution < -0.4 is 5.32 Å². The predicted molar refractivity (Wildman–Crippen MR) is 49.2 cm³/mol. The van der Waals surface area contributed by atoms with E-state index in [1.54, 1.807) is 0 Å². The first-order valence-corrected chi connectivity index (χ1v) is 4.90. The zero-order valence-corrected chi connectivity index (χ0v) is 7.71. The second-order valence-corrected chi connectivity index (χ2v) is 3.30. The molecule has 0 unspecified atom stereocenters. The quantitative estimate of drug-likeness (QED) is 0.608. The monoisotopic (exact) mass is 171 g/mol. The lowest BCUT2D eigenvalue weighted by Gasteiger charge is -2.18. The molecule has 0 aliphatic carbocycles. The minimum atomic E-state index is 0.332. The van der Waals surface area contributed by atoms with Crippen LogP contribution in [0.2, 0.25) is 0 Å². The zero-order valence-electron chi connectivity index (χ0n) is 7.71. The highest BCUT2D eigenvalue weighted by Crippen LogP contribution is 1.98. The third kappa shape index (κ3) is 4.04. The van der Waals surface area contributed by atoms with E-state index in [4.69, 9.17) is 5.11 Å². The van der Waals surface area contributed by atoms with Crippen LogP contribution >= 0.6 is 0 Å². The van der Waals surface area contributed by atoms with Gasteiger partial charge in [-0.3, -0.25) is 0 Å². The standard InChI is InChI=1S/C9H19N2O/c12-9-2-1-6-11-7-3-4-10-5-8-11/h12H,1-9H2. The van der Waals surface area contributed by atoms with E-state index in [0.29, 0.717) is 6.61 Å². The molecule has 1 rings (SSSR count). The Balaban J connectivity index is 2.04. The molecule has 1 saturated heterocycles. The summed E-state index contributed by atoms with van der Waals surface area (Å²) in [5.41, 5.74) is 0. The van der Waals surface area contributed by atoms with Gasteiger partial charge in [-0.2, -0.15) is 0 Å². The van der Waals surface area contributed by atoms with Crippen LogP contribution in [0.4, 0.5) is 0 Å². The van der Waals surface area contributed by atoms with Crippen LogP contribution in [0.1, 0.15) is 19.3 Å². The molecule has 1 N–H and O–H groups in total. The van der Waals surface area contributed by atoms with Crippen molar-refractivity contribution in [1.29, 1.82) is 0 Å². The first-order chi connectivity index (χ1) is 5.93. The van der Waals surface area contributed by atoms with Crippen molar-refractivity contribution in [3.8, 4) is 0 Å². The third-order valence-corrected chi connectivity index (χ3v) is 2.25. The maximum Gasteiger partial charge on any atom is 0.0431 e. The van der Waals surface area contributed by atoms with Crippen molar-refractivity contribution in [3.63, 3.8) is 0 Å². The Bertz CT molecular complexity index is 101. The van der Waals surface area contributed by atoms with Gasteiger partial charge in [0.25, 0.3) is 0 Å². The molecule has 1 heterocycles. The smallest absolute Gasteiger partial charge is 0.0431 e. The van der Waals surface area contributed by atoms with Gasteiger partial charge in [-0.05, 0) is 32.4 Å². The molecular weight excluding hydrogens is 152 g/mol. The molecule has 0 aromatic carbocycles. The van der Waals surface area contributed by atoms with Crippen LogP contribution in [-0.4, -0.2) is 49.3 Å². The average Bonchev–Trinajstić information content (AvgIpc) is 2.33. The summed E-state index contributed by atoms with van der Waals surface area (Å²) in [6.45, 7) is 5.81. The van der Waals surface area contributed by atoms with Crippen molar-refractivity contribution < 1.29 is 5.11 Å². The fourth-order valence-corrected chi connectivity index (χ4v) is 1.51. The highest BCUT2D eigenvalue weighted by Gasteiger charge is 2.07. The first kappa shape index (κ1) is 9.96. The van der Waals surface area contributed by atoms with Crippen molar-refractivity contribution in [3.05, 3.63) is 0 Å². The van der Waals surface area contributed by atoms with Gasteiger partial charge in [0.05, 0.1) is 0 Å². The van der Waals surface area contributed by atoms with E-state index < -0.39 is 0 Å². The maximum atomic E-state index is 8.61. The van der Waals surface area contributed by atoms with Gasteiger partial charge in [0.15, 0.2) is 0 Å². The molecule has 0 aromatic heterocycles. The Labute approximate surface area is 74.8 Å². The SMILES string of the molecule is OCCCCN1CCC[N]CC1. The van der Waals surface area contributed by atoms with Gasteiger partial charge in [0.1, 0.15) is 0 Å². The van der Waals surface area contributed by atoms with Crippen LogP contribution in [0.5, 0.6) is 0 Å². The van der Waals surface area contributed by atoms with E-state index in [1.165, 1.54) is 13.0 Å². The summed E-state index contributed by atoms with van der Waals surface area (Å²) >= 11 is 0. The number of hydrogen-bond donors (Lipinski definition) is 1. The van der Waals surface area contributed by atoms with Crippen molar-refractivity contribution >= 4 is 0 Å². The summed E-state index contributed by atoms with van der Waals surface area (Å²) in [5.74, 6) is 0. The summed E-state index contributed by atoms with van der Waals surface area (Å²) < 4.78 is 0. The minimum Gasteiger partial charge on any atom is -0.396 e. The average molecular weight is 171 g/mol. The van der Waals surface area contributed by atoms with Crippen molar-refractivity contribution in [2.24, 2.45) is 0 Å². The van der Waals surface area contributed by atoms with E-state index >= 15 is 0 Å². The Kier molecular flexibility index (Phi) is 5.32. The molecule has 1 aliphatic rings. The lowest BCUT2D eigenvalue weighted by Crippen LogP contribution is -2.28. The molecule has 3 nitrogen and oxygen atoms in total. The summed E-state index contributed by atoms with van der Waals surface area (Å²) in [7, 11) is 0. The fraction of sp³-hybridized carbons (Fsp3) is 1.00. The van der Waals surface area contributed by atoms with Gasteiger partial charge in [0.2, 0.25) is 0 Å². The molecule has 0 aromatic rings. The van der Waals surface area contributed by atoms with Crippen molar-refractivity contribution in [2.45, 2.75) is 19.3 Å². The molecule has 3 heteroatoms. The molecule has 0 spiro atoms. The van der Waals surface area contributed by atoms with E-state index in [0.717, 1.165) is 39.0 Å². The Morgan fingerprint density at radius 1 is 1.17 bits per heavy atom. The third-order valence-electron chi connectivity index (χ3n) is 2.25. The summed E-state index contributed by atoms with van der Waals surface area (Å²) in [5, 5.41) is 13.0. The van der Waals surface area contributed by atoms with Crippen LogP contribution in [-0.2, 0) is 0 Å². The molecule has 0 amide bonds. The molecule has 0 saturated carbocycles. The highest BCUT2D eigenvalue weighted by molar-refractivity contribution is 4.64. The van der Waals surface area contributed by atoms with Crippen molar-refractivity contribution in [1.82, 2.24) is 10.2 Å². The van der Waals surface area contributed by atoms with Crippen LogP contribution in [0.3, 0.4) is 0 Å². The van der Waals surface area contributed by atoms with Crippen LogP contribution in [0.25, 0.3) is 0 Å². The van der Waals surface area contributed by atoms with Gasteiger partial charge in [0, 0.05) is 26.2 Å². The number of aliphatic hydroxyl groups excluding tert-OH is 1. The lowest BCUT2D eigenvalue weighted by molar-refractivity contribution is 0.250. The van der Waals surface area contributed by atoms with Gasteiger partial charge in [-0.25, -0.2) is 5.32 Å². The number of rotatable bonds is 4. The zero-order chi connectivity index (χ0) is 8.65. The molecule has 0 atom stereocenters. The lowest BCUT2D eigenvalue weighted by atomic mass is 10.3. The second kappa shape index (κ2) is 6.40. The second-order valence-electron chi connectivity index (χ2n) is 3.30. The number of hydrogen-bond acceptors (Lipinski definition) is 2. The minimum absolute atomic E-state index is 0.332. The topological polar surface area (TPSA) is 37.6 Å². The molecule has 12 heavy (non-hydrogen) atoms. The fourth-order valence-electron chi connectivity index (χ4n) is 1.51. The number of unbranched alkanes of at least 4 members (excludes halogenated alkanes) is 1. The van der Waals surface area contributed by atoms with Gasteiger partial charge >= 0.3 is 0 Å². The number of aliphatic hydroxyl groups is 1. The van der Waals surface area contributed by atoms with Gasteiger partial charge < -0.3 is 10.0 Å². The van der Waals surface area contributed by atoms with Gasteiger partial charge in [-0.15, -0.1) is 0 Å². The van der Waals surface area contributed by atoms with Crippen molar-refractivity contribution in [2.75, 3.05) is 39.3 Å². The summed E-state index contributed by atoms with van der Waals surface area (Å²) in [6.07, 6.45) is 3.27. The molecule has 1 radical (unpaired) electrons. The number of nitrogens with zero attached hydrogens (tertiary/aromatic N) is 2. The molecule has 1 aliphatic heterocycles. The maximum absolute atomic E-state index is 8.61. The van der Waals surface area contributed by atoms with E-state index in [9.17, 15) is 0 Å². The Hall–Kier alpha value is -0.120. The highest BCUT2D eigenvalue weighted by atomic mass is 16.2.